The number of halogens is 3. The number of benzene rings is 2. The van der Waals surface area contributed by atoms with E-state index in [9.17, 15) is 13.2 Å². The number of pyridine rings is 2. The Morgan fingerprint density at radius 2 is 1.76 bits per heavy atom. The zero-order valence-electron chi connectivity index (χ0n) is 16.8. The van der Waals surface area contributed by atoms with Crippen LogP contribution in [0, 0.1) is 0 Å². The molecule has 0 bridgehead atoms. The summed E-state index contributed by atoms with van der Waals surface area (Å²) in [6, 6.07) is 17.2. The lowest BCUT2D eigenvalue weighted by Crippen LogP contribution is -2.08. The van der Waals surface area contributed by atoms with Crippen LogP contribution in [0.15, 0.2) is 73.1 Å². The third-order valence-electron chi connectivity index (χ3n) is 5.38. The van der Waals surface area contributed by atoms with E-state index >= 15 is 0 Å². The molecule has 0 aliphatic rings. The summed E-state index contributed by atoms with van der Waals surface area (Å²) in [5.41, 5.74) is 1.66. The molecule has 6 aromatic rings. The lowest BCUT2D eigenvalue weighted by molar-refractivity contribution is -0.140. The maximum atomic E-state index is 13.6. The van der Waals surface area contributed by atoms with Gasteiger partial charge in [0.15, 0.2) is 17.3 Å². The second kappa shape index (κ2) is 7.02. The fraction of sp³-hybridized carbons (Fsp3) is 0.0435. The van der Waals surface area contributed by atoms with Gasteiger partial charge in [-0.25, -0.2) is 9.67 Å². The summed E-state index contributed by atoms with van der Waals surface area (Å²) in [4.78, 5) is 8.69. The number of aromatic nitrogens is 6. The zero-order chi connectivity index (χ0) is 22.6. The van der Waals surface area contributed by atoms with Crippen molar-refractivity contribution in [2.45, 2.75) is 6.18 Å². The van der Waals surface area contributed by atoms with E-state index in [0.717, 1.165) is 16.6 Å². The van der Waals surface area contributed by atoms with Crippen LogP contribution in [0.1, 0.15) is 5.69 Å². The Balaban J connectivity index is 1.47. The summed E-state index contributed by atoms with van der Waals surface area (Å²) >= 11 is 0. The number of hydrogen-bond donors (Lipinski definition) is 2. The highest BCUT2D eigenvalue weighted by Crippen LogP contribution is 2.36. The van der Waals surface area contributed by atoms with Crippen molar-refractivity contribution < 1.29 is 13.2 Å². The minimum atomic E-state index is -4.58. The summed E-state index contributed by atoms with van der Waals surface area (Å²) in [5.74, 6) is 0.893. The molecular formula is C23H14F3N7. The molecule has 0 aliphatic heterocycles. The van der Waals surface area contributed by atoms with Gasteiger partial charge in [-0.2, -0.15) is 23.4 Å². The fourth-order valence-corrected chi connectivity index (χ4v) is 3.92. The molecule has 10 heteroatoms. The Hall–Kier alpha value is -4.47. The smallest absolute Gasteiger partial charge is 0.337 e. The van der Waals surface area contributed by atoms with Gasteiger partial charge < -0.3 is 5.32 Å². The third-order valence-corrected chi connectivity index (χ3v) is 5.38. The van der Waals surface area contributed by atoms with E-state index in [1.807, 2.05) is 24.3 Å². The fourth-order valence-electron chi connectivity index (χ4n) is 3.92. The highest BCUT2D eigenvalue weighted by molar-refractivity contribution is 5.95. The van der Waals surface area contributed by atoms with Crippen LogP contribution in [0.3, 0.4) is 0 Å². The van der Waals surface area contributed by atoms with Crippen molar-refractivity contribution in [1.82, 2.24) is 29.9 Å². The van der Waals surface area contributed by atoms with Crippen molar-refractivity contribution in [2.75, 3.05) is 5.32 Å². The molecule has 0 saturated heterocycles. The van der Waals surface area contributed by atoms with Crippen molar-refractivity contribution in [3.05, 3.63) is 78.8 Å². The molecule has 0 fully saturated rings. The van der Waals surface area contributed by atoms with Crippen LogP contribution in [0.4, 0.5) is 24.7 Å². The van der Waals surface area contributed by atoms with Crippen LogP contribution in [0.5, 0.6) is 0 Å². The van der Waals surface area contributed by atoms with Crippen molar-refractivity contribution in [2.24, 2.45) is 0 Å². The molecule has 0 spiro atoms. The summed E-state index contributed by atoms with van der Waals surface area (Å²) in [6.07, 6.45) is -1.34. The van der Waals surface area contributed by atoms with Crippen LogP contribution < -0.4 is 5.32 Å². The number of aromatic amines is 1. The number of hydrogen-bond acceptors (Lipinski definition) is 5. The molecule has 0 saturated carbocycles. The molecule has 0 atom stereocenters. The van der Waals surface area contributed by atoms with Crippen LogP contribution in [-0.2, 0) is 6.18 Å². The minimum absolute atomic E-state index is 0.0278. The maximum absolute atomic E-state index is 13.6. The summed E-state index contributed by atoms with van der Waals surface area (Å²) in [7, 11) is 0. The molecule has 33 heavy (non-hydrogen) atoms. The van der Waals surface area contributed by atoms with Gasteiger partial charge in [-0.1, -0.05) is 18.2 Å². The van der Waals surface area contributed by atoms with Crippen molar-refractivity contribution in [3.63, 3.8) is 0 Å². The number of nitrogens with zero attached hydrogens (tertiary/aromatic N) is 5. The van der Waals surface area contributed by atoms with Gasteiger partial charge in [0.05, 0.1) is 11.0 Å². The zero-order valence-corrected chi connectivity index (χ0v) is 16.8. The predicted octanol–water partition coefficient (Wildman–Crippen LogP) is 5.61. The van der Waals surface area contributed by atoms with E-state index in [-0.39, 0.29) is 5.39 Å². The minimum Gasteiger partial charge on any atom is -0.337 e. The van der Waals surface area contributed by atoms with Crippen molar-refractivity contribution in [3.8, 4) is 5.82 Å². The van der Waals surface area contributed by atoms with E-state index in [1.54, 1.807) is 42.7 Å². The molecule has 2 N–H and O–H groups in total. The first kappa shape index (κ1) is 19.2. The molecular weight excluding hydrogens is 431 g/mol. The molecule has 7 nitrogen and oxygen atoms in total. The second-order valence-corrected chi connectivity index (χ2v) is 7.44. The Kier molecular flexibility index (Phi) is 4.09. The van der Waals surface area contributed by atoms with E-state index in [4.69, 9.17) is 0 Å². The van der Waals surface area contributed by atoms with Crippen LogP contribution in [0.2, 0.25) is 0 Å². The third kappa shape index (κ3) is 3.15. The Bertz CT molecular complexity index is 1650. The SMILES string of the molecule is FC(F)(F)c1nn(-c2nccc3cc(Nc4n[nH]c5cccnc45)ccc23)c2ccccc12. The number of para-hydroxylation sites is 1. The molecule has 2 aromatic carbocycles. The first-order valence-corrected chi connectivity index (χ1v) is 9.99. The number of H-pyrrole nitrogens is 1. The Morgan fingerprint density at radius 3 is 2.64 bits per heavy atom. The van der Waals surface area contributed by atoms with Gasteiger partial charge in [-0.05, 0) is 47.9 Å². The normalized spacial score (nSPS) is 12.1. The molecule has 6 rings (SSSR count). The monoisotopic (exact) mass is 445 g/mol. The second-order valence-electron chi connectivity index (χ2n) is 7.44. The largest absolute Gasteiger partial charge is 0.435 e. The average molecular weight is 445 g/mol. The van der Waals surface area contributed by atoms with E-state index in [1.165, 1.54) is 10.7 Å². The first-order chi connectivity index (χ1) is 16.0. The van der Waals surface area contributed by atoms with E-state index in [2.05, 4.69) is 30.6 Å². The standard InChI is InChI=1S/C23H14F3N7/c24-23(25,26)20-16-4-1-2-6-18(16)33(32-20)22-15-8-7-14(12-13(15)9-11-28-22)29-21-19-17(30-31-21)5-3-10-27-19/h1-12H,(H2,29,30,31). The molecule has 0 aliphatic carbocycles. The van der Waals surface area contributed by atoms with Crippen LogP contribution >= 0.6 is 0 Å². The van der Waals surface area contributed by atoms with Gasteiger partial charge >= 0.3 is 6.18 Å². The van der Waals surface area contributed by atoms with E-state index in [0.29, 0.717) is 28.1 Å². The quantitative estimate of drug-likeness (QED) is 0.370. The highest BCUT2D eigenvalue weighted by Gasteiger charge is 2.37. The summed E-state index contributed by atoms with van der Waals surface area (Å²) in [5, 5.41) is 15.8. The van der Waals surface area contributed by atoms with Crippen molar-refractivity contribution >= 4 is 44.2 Å². The predicted molar refractivity (Wildman–Crippen MR) is 119 cm³/mol. The summed E-state index contributed by atoms with van der Waals surface area (Å²) < 4.78 is 42.0. The van der Waals surface area contributed by atoms with Crippen molar-refractivity contribution in [1.29, 1.82) is 0 Å². The molecule has 4 aromatic heterocycles. The van der Waals surface area contributed by atoms with Crippen LogP contribution in [0.25, 0.3) is 38.5 Å². The topological polar surface area (TPSA) is 84.3 Å². The first-order valence-electron chi connectivity index (χ1n) is 9.99. The number of rotatable bonds is 3. The molecule has 0 unspecified atom stereocenters. The van der Waals surface area contributed by atoms with E-state index < -0.39 is 11.9 Å². The highest BCUT2D eigenvalue weighted by atomic mass is 19.4. The Labute approximate surface area is 183 Å². The van der Waals surface area contributed by atoms with Gasteiger partial charge in [0.2, 0.25) is 0 Å². The number of nitrogens with one attached hydrogen (secondary N) is 2. The number of fused-ring (bicyclic) bond motifs is 3. The van der Waals surface area contributed by atoms with Gasteiger partial charge in [-0.3, -0.25) is 10.1 Å². The lowest BCUT2D eigenvalue weighted by Gasteiger charge is -2.09. The average Bonchev–Trinajstić information content (AvgIpc) is 3.40. The molecule has 4 heterocycles. The Morgan fingerprint density at radius 1 is 0.879 bits per heavy atom. The van der Waals surface area contributed by atoms with Crippen LogP contribution in [-0.4, -0.2) is 29.9 Å². The van der Waals surface area contributed by atoms with Gasteiger partial charge in [0, 0.05) is 28.9 Å². The molecule has 162 valence electrons. The molecule has 0 radical (unpaired) electrons. The van der Waals surface area contributed by atoms with Gasteiger partial charge in [-0.15, -0.1) is 0 Å². The van der Waals surface area contributed by atoms with Gasteiger partial charge in [0.1, 0.15) is 5.52 Å². The molecule has 0 amide bonds. The summed E-state index contributed by atoms with van der Waals surface area (Å²) in [6.45, 7) is 0. The van der Waals surface area contributed by atoms with Gasteiger partial charge in [0.25, 0.3) is 0 Å². The maximum Gasteiger partial charge on any atom is 0.435 e. The number of alkyl halides is 3. The lowest BCUT2D eigenvalue weighted by atomic mass is 10.1. The number of anilines is 2.